The van der Waals surface area contributed by atoms with Crippen LogP contribution in [-0.2, 0) is 11.1 Å². The Morgan fingerprint density at radius 1 is 0.575 bits per heavy atom. The molecule has 0 fully saturated rings. The first-order chi connectivity index (χ1) is 19.2. The van der Waals surface area contributed by atoms with Crippen molar-refractivity contribution < 1.29 is 9.76 Å². The van der Waals surface area contributed by atoms with Crippen molar-refractivity contribution in [3.8, 4) is 44.5 Å². The Morgan fingerprint density at radius 3 is 1.90 bits per heavy atom. The summed E-state index contributed by atoms with van der Waals surface area (Å²) >= 11 is 0. The lowest BCUT2D eigenvalue weighted by Crippen LogP contribution is -2.49. The zero-order chi connectivity index (χ0) is 27.9. The summed E-state index contributed by atoms with van der Waals surface area (Å²) in [5, 5.41) is 10.8. The van der Waals surface area contributed by atoms with Crippen LogP contribution in [0.1, 0.15) is 38.8 Å². The average molecular weight is 521 g/mol. The number of rotatable bonds is 7. The summed E-state index contributed by atoms with van der Waals surface area (Å²) in [6, 6.07) is 41.1. The summed E-state index contributed by atoms with van der Waals surface area (Å²) in [6.45, 7) is 7.41. The Morgan fingerprint density at radius 2 is 1.20 bits per heavy atom. The van der Waals surface area contributed by atoms with E-state index in [2.05, 4.69) is 103 Å². The lowest BCUT2D eigenvalue weighted by Gasteiger charge is -2.37. The number of aliphatic hydroxyl groups is 1. The minimum Gasteiger partial charge on any atom is -0.427 e. The van der Waals surface area contributed by atoms with Crippen molar-refractivity contribution in [1.82, 2.24) is 0 Å². The SMILES string of the molecule is CC(C)(O)C(C)(C)O[B]c1cc(-c2ccccc2)cc(-c2ccc3c(c2)Cc2ccccc2-3)c1-c1ccccc1. The van der Waals surface area contributed by atoms with Crippen molar-refractivity contribution in [2.24, 2.45) is 0 Å². The van der Waals surface area contributed by atoms with Gasteiger partial charge in [0.15, 0.2) is 0 Å². The quantitative estimate of drug-likeness (QED) is 0.215. The highest BCUT2D eigenvalue weighted by atomic mass is 16.5. The van der Waals surface area contributed by atoms with Gasteiger partial charge in [0.2, 0.25) is 0 Å². The molecule has 1 N–H and O–H groups in total. The molecular weight excluding hydrogens is 487 g/mol. The molecule has 5 aromatic rings. The highest BCUT2D eigenvalue weighted by Crippen LogP contribution is 2.41. The standard InChI is InChI=1S/C37H34BO2/c1-36(2,39)37(3,4)40-38-34-24-29(25-13-7-5-8-14-25)23-33(35(34)26-15-9-6-10-16-26)28-19-20-32-30(22-28)21-27-17-11-12-18-31(27)32/h5-20,22-24,39H,21H2,1-4H3. The normalized spacial score (nSPS) is 12.6. The largest absolute Gasteiger partial charge is 0.427 e. The van der Waals surface area contributed by atoms with E-state index in [1.165, 1.54) is 27.8 Å². The Kier molecular flexibility index (Phi) is 6.74. The van der Waals surface area contributed by atoms with Gasteiger partial charge in [-0.15, -0.1) is 0 Å². The third kappa shape index (κ3) is 4.92. The number of hydrogen-bond donors (Lipinski definition) is 1. The molecule has 0 bridgehead atoms. The van der Waals surface area contributed by atoms with E-state index in [9.17, 15) is 5.11 Å². The molecule has 0 atom stereocenters. The predicted octanol–water partition coefficient (Wildman–Crippen LogP) is 8.07. The van der Waals surface area contributed by atoms with Crippen molar-refractivity contribution in [3.63, 3.8) is 0 Å². The smallest absolute Gasteiger partial charge is 0.331 e. The Labute approximate surface area is 238 Å². The van der Waals surface area contributed by atoms with Gasteiger partial charge in [0.25, 0.3) is 0 Å². The molecule has 1 aliphatic carbocycles. The van der Waals surface area contributed by atoms with Gasteiger partial charge >= 0.3 is 7.48 Å². The molecule has 0 saturated heterocycles. The van der Waals surface area contributed by atoms with E-state index in [-0.39, 0.29) is 0 Å². The molecule has 3 heteroatoms. The predicted molar refractivity (Wildman–Crippen MR) is 168 cm³/mol. The molecule has 6 rings (SSSR count). The summed E-state index contributed by atoms with van der Waals surface area (Å²) in [4.78, 5) is 0. The van der Waals surface area contributed by atoms with Crippen LogP contribution in [0.3, 0.4) is 0 Å². The van der Waals surface area contributed by atoms with Crippen LogP contribution in [0.15, 0.2) is 115 Å². The number of hydrogen-bond acceptors (Lipinski definition) is 2. The molecule has 40 heavy (non-hydrogen) atoms. The van der Waals surface area contributed by atoms with Crippen LogP contribution in [0.4, 0.5) is 0 Å². The maximum absolute atomic E-state index is 10.8. The fourth-order valence-electron chi connectivity index (χ4n) is 5.38. The van der Waals surface area contributed by atoms with Crippen molar-refractivity contribution in [2.45, 2.75) is 45.3 Å². The number of fused-ring (bicyclic) bond motifs is 3. The van der Waals surface area contributed by atoms with E-state index in [4.69, 9.17) is 4.65 Å². The Bertz CT molecular complexity index is 1660. The summed E-state index contributed by atoms with van der Waals surface area (Å²) in [5.74, 6) is 0. The lowest BCUT2D eigenvalue weighted by atomic mass is 9.74. The van der Waals surface area contributed by atoms with E-state index in [0.29, 0.717) is 0 Å². The van der Waals surface area contributed by atoms with Gasteiger partial charge in [-0.3, -0.25) is 0 Å². The average Bonchev–Trinajstić information content (AvgIpc) is 3.34. The van der Waals surface area contributed by atoms with Gasteiger partial charge in [-0.2, -0.15) is 0 Å². The van der Waals surface area contributed by atoms with E-state index < -0.39 is 11.2 Å². The Balaban J connectivity index is 1.55. The third-order valence-corrected chi connectivity index (χ3v) is 8.40. The van der Waals surface area contributed by atoms with E-state index >= 15 is 0 Å². The first kappa shape index (κ1) is 26.3. The second-order valence-electron chi connectivity index (χ2n) is 11.7. The van der Waals surface area contributed by atoms with Crippen LogP contribution in [0.2, 0.25) is 0 Å². The summed E-state index contributed by atoms with van der Waals surface area (Å²) in [5.41, 5.74) is 11.4. The van der Waals surface area contributed by atoms with E-state index in [1.807, 2.05) is 33.5 Å². The molecule has 0 amide bonds. The fourth-order valence-corrected chi connectivity index (χ4v) is 5.38. The summed E-state index contributed by atoms with van der Waals surface area (Å²) < 4.78 is 6.37. The van der Waals surface area contributed by atoms with E-state index in [1.54, 1.807) is 13.8 Å². The molecule has 0 aliphatic heterocycles. The molecule has 197 valence electrons. The molecule has 0 unspecified atom stereocenters. The van der Waals surface area contributed by atoms with Crippen LogP contribution in [0.5, 0.6) is 0 Å². The van der Waals surface area contributed by atoms with Gasteiger partial charge in [-0.25, -0.2) is 0 Å². The van der Waals surface area contributed by atoms with Crippen LogP contribution in [0, 0.1) is 0 Å². The zero-order valence-corrected chi connectivity index (χ0v) is 23.6. The van der Waals surface area contributed by atoms with Gasteiger partial charge < -0.3 is 9.76 Å². The molecule has 0 heterocycles. The van der Waals surface area contributed by atoms with Crippen LogP contribution in [0.25, 0.3) is 44.5 Å². The lowest BCUT2D eigenvalue weighted by molar-refractivity contribution is -0.0893. The van der Waals surface area contributed by atoms with Gasteiger partial charge in [0.1, 0.15) is 0 Å². The van der Waals surface area contributed by atoms with Crippen LogP contribution < -0.4 is 5.46 Å². The molecule has 0 saturated carbocycles. The van der Waals surface area contributed by atoms with Gasteiger partial charge in [-0.1, -0.05) is 109 Å². The maximum Gasteiger partial charge on any atom is 0.331 e. The van der Waals surface area contributed by atoms with Crippen molar-refractivity contribution in [2.75, 3.05) is 0 Å². The molecular formula is C37H34BO2. The van der Waals surface area contributed by atoms with Gasteiger partial charge in [-0.05, 0) is 101 Å². The molecule has 0 spiro atoms. The summed E-state index contributed by atoms with van der Waals surface area (Å²) in [6.07, 6.45) is 0.945. The second kappa shape index (κ2) is 10.2. The topological polar surface area (TPSA) is 29.5 Å². The molecule has 5 aromatic carbocycles. The first-order valence-corrected chi connectivity index (χ1v) is 14.0. The molecule has 1 radical (unpaired) electrons. The highest BCUT2D eigenvalue weighted by Gasteiger charge is 2.36. The first-order valence-electron chi connectivity index (χ1n) is 14.0. The molecule has 0 aromatic heterocycles. The van der Waals surface area contributed by atoms with Gasteiger partial charge in [0, 0.05) is 0 Å². The van der Waals surface area contributed by atoms with Crippen molar-refractivity contribution in [1.29, 1.82) is 0 Å². The van der Waals surface area contributed by atoms with Crippen LogP contribution in [-0.4, -0.2) is 23.8 Å². The third-order valence-electron chi connectivity index (χ3n) is 8.40. The maximum atomic E-state index is 10.8. The van der Waals surface area contributed by atoms with Crippen LogP contribution >= 0.6 is 0 Å². The van der Waals surface area contributed by atoms with Crippen molar-refractivity contribution >= 4 is 12.9 Å². The summed E-state index contributed by atoms with van der Waals surface area (Å²) in [7, 11) is 1.83. The minimum absolute atomic E-state index is 0.788. The van der Waals surface area contributed by atoms with E-state index in [0.717, 1.165) is 39.7 Å². The van der Waals surface area contributed by atoms with Gasteiger partial charge in [0.05, 0.1) is 11.2 Å². The monoisotopic (exact) mass is 521 g/mol. The molecule has 2 nitrogen and oxygen atoms in total. The highest BCUT2D eigenvalue weighted by molar-refractivity contribution is 6.50. The van der Waals surface area contributed by atoms with Crippen molar-refractivity contribution in [3.05, 3.63) is 126 Å². The zero-order valence-electron chi connectivity index (χ0n) is 23.6. The molecule has 1 aliphatic rings. The minimum atomic E-state index is -1.02. The number of benzene rings is 5. The Hall–Kier alpha value is -3.92. The second-order valence-corrected chi connectivity index (χ2v) is 11.7. The fraction of sp³-hybridized carbons (Fsp3) is 0.189.